The van der Waals surface area contributed by atoms with Crippen LogP contribution in [0.4, 0.5) is 4.79 Å². The van der Waals surface area contributed by atoms with Gasteiger partial charge in [0.2, 0.25) is 0 Å². The van der Waals surface area contributed by atoms with Gasteiger partial charge in [0.1, 0.15) is 6.04 Å². The van der Waals surface area contributed by atoms with Gasteiger partial charge in [-0.15, -0.1) is 0 Å². The standard InChI is InChI=1S/C16H23NO4/c1-12(2)11-21-16(19)17-14(15(18)20-3)10-9-13-7-5-4-6-8-13/h4-8,12,14H,9-11H2,1-3H3,(H,17,19). The van der Waals surface area contributed by atoms with Crippen LogP contribution in [0.25, 0.3) is 0 Å². The van der Waals surface area contributed by atoms with Crippen LogP contribution in [-0.2, 0) is 20.7 Å². The number of hydrogen-bond acceptors (Lipinski definition) is 4. The van der Waals surface area contributed by atoms with Gasteiger partial charge < -0.3 is 14.8 Å². The number of carbonyl (C=O) groups is 2. The first kappa shape index (κ1) is 17.0. The van der Waals surface area contributed by atoms with Gasteiger partial charge in [0.05, 0.1) is 13.7 Å². The van der Waals surface area contributed by atoms with Gasteiger partial charge >= 0.3 is 12.1 Å². The number of esters is 1. The first-order valence-electron chi connectivity index (χ1n) is 7.08. The van der Waals surface area contributed by atoms with Gasteiger partial charge in [-0.25, -0.2) is 9.59 Å². The van der Waals surface area contributed by atoms with Crippen LogP contribution in [0.5, 0.6) is 0 Å². The summed E-state index contributed by atoms with van der Waals surface area (Å²) in [4.78, 5) is 23.4. The minimum absolute atomic E-state index is 0.247. The number of benzene rings is 1. The summed E-state index contributed by atoms with van der Waals surface area (Å²) in [5.41, 5.74) is 1.10. The van der Waals surface area contributed by atoms with Gasteiger partial charge in [0.25, 0.3) is 0 Å². The van der Waals surface area contributed by atoms with Crippen molar-refractivity contribution in [2.24, 2.45) is 5.92 Å². The summed E-state index contributed by atoms with van der Waals surface area (Å²) < 4.78 is 9.74. The number of aryl methyl sites for hydroxylation is 1. The molecule has 0 saturated carbocycles. The lowest BCUT2D eigenvalue weighted by Gasteiger charge is -2.17. The van der Waals surface area contributed by atoms with E-state index in [0.29, 0.717) is 19.4 Å². The average molecular weight is 293 g/mol. The average Bonchev–Trinajstić information content (AvgIpc) is 2.49. The highest BCUT2D eigenvalue weighted by molar-refractivity contribution is 5.81. The molecule has 0 spiro atoms. The molecule has 1 atom stereocenters. The number of methoxy groups -OCH3 is 1. The molecular weight excluding hydrogens is 270 g/mol. The largest absolute Gasteiger partial charge is 0.467 e. The van der Waals surface area contributed by atoms with Crippen molar-refractivity contribution in [2.75, 3.05) is 13.7 Å². The molecule has 1 rings (SSSR count). The van der Waals surface area contributed by atoms with Crippen LogP contribution in [0.15, 0.2) is 30.3 Å². The highest BCUT2D eigenvalue weighted by Crippen LogP contribution is 2.06. The third-order valence-electron chi connectivity index (χ3n) is 2.89. The Morgan fingerprint density at radius 1 is 1.19 bits per heavy atom. The van der Waals surface area contributed by atoms with E-state index < -0.39 is 18.1 Å². The lowest BCUT2D eigenvalue weighted by Crippen LogP contribution is -2.42. The van der Waals surface area contributed by atoms with Crippen LogP contribution in [0.2, 0.25) is 0 Å². The number of nitrogens with one attached hydrogen (secondary N) is 1. The van der Waals surface area contributed by atoms with Gasteiger partial charge in [-0.3, -0.25) is 0 Å². The van der Waals surface area contributed by atoms with E-state index in [0.717, 1.165) is 5.56 Å². The van der Waals surface area contributed by atoms with E-state index in [2.05, 4.69) is 5.32 Å². The number of amides is 1. The van der Waals surface area contributed by atoms with Crippen molar-refractivity contribution in [1.29, 1.82) is 0 Å². The minimum atomic E-state index is -0.699. The lowest BCUT2D eigenvalue weighted by atomic mass is 10.1. The third-order valence-corrected chi connectivity index (χ3v) is 2.89. The molecule has 116 valence electrons. The second-order valence-electron chi connectivity index (χ2n) is 5.24. The van der Waals surface area contributed by atoms with Gasteiger partial charge in [-0.2, -0.15) is 0 Å². The molecule has 0 aromatic heterocycles. The van der Waals surface area contributed by atoms with Gasteiger partial charge in [-0.1, -0.05) is 44.2 Å². The van der Waals surface area contributed by atoms with Crippen LogP contribution in [-0.4, -0.2) is 31.8 Å². The summed E-state index contributed by atoms with van der Waals surface area (Å²) in [6.45, 7) is 4.21. The summed E-state index contributed by atoms with van der Waals surface area (Å²) in [5, 5.41) is 2.56. The smallest absolute Gasteiger partial charge is 0.407 e. The van der Waals surface area contributed by atoms with E-state index in [4.69, 9.17) is 9.47 Å². The highest BCUT2D eigenvalue weighted by atomic mass is 16.6. The van der Waals surface area contributed by atoms with Crippen molar-refractivity contribution < 1.29 is 19.1 Å². The summed E-state index contributed by atoms with van der Waals surface area (Å²) in [6.07, 6.45) is 0.547. The molecule has 21 heavy (non-hydrogen) atoms. The fraction of sp³-hybridized carbons (Fsp3) is 0.500. The van der Waals surface area contributed by atoms with E-state index in [1.165, 1.54) is 7.11 Å². The highest BCUT2D eigenvalue weighted by Gasteiger charge is 2.22. The second kappa shape index (κ2) is 9.00. The normalized spacial score (nSPS) is 11.8. The van der Waals surface area contributed by atoms with Crippen molar-refractivity contribution in [3.63, 3.8) is 0 Å². The fourth-order valence-corrected chi connectivity index (χ4v) is 1.77. The van der Waals surface area contributed by atoms with Crippen LogP contribution < -0.4 is 5.32 Å². The molecule has 0 radical (unpaired) electrons. The predicted molar refractivity (Wildman–Crippen MR) is 79.9 cm³/mol. The van der Waals surface area contributed by atoms with Crippen molar-refractivity contribution in [1.82, 2.24) is 5.32 Å². The molecule has 5 nitrogen and oxygen atoms in total. The Balaban J connectivity index is 2.51. The molecule has 5 heteroatoms. The lowest BCUT2D eigenvalue weighted by molar-refractivity contribution is -0.143. The number of alkyl carbamates (subject to hydrolysis) is 1. The molecule has 1 amide bonds. The predicted octanol–water partition coefficient (Wildman–Crippen LogP) is 2.54. The monoisotopic (exact) mass is 293 g/mol. The maximum absolute atomic E-state index is 11.7. The zero-order valence-corrected chi connectivity index (χ0v) is 12.8. The molecule has 0 aliphatic rings. The summed E-state index contributed by atoms with van der Waals surface area (Å²) in [6, 6.07) is 9.06. The van der Waals surface area contributed by atoms with Crippen molar-refractivity contribution in [3.8, 4) is 0 Å². The molecule has 0 bridgehead atoms. The molecule has 0 saturated heterocycles. The Morgan fingerprint density at radius 2 is 1.86 bits per heavy atom. The van der Waals surface area contributed by atoms with E-state index in [1.807, 2.05) is 44.2 Å². The van der Waals surface area contributed by atoms with Crippen molar-refractivity contribution in [3.05, 3.63) is 35.9 Å². The second-order valence-corrected chi connectivity index (χ2v) is 5.24. The fourth-order valence-electron chi connectivity index (χ4n) is 1.77. The maximum atomic E-state index is 11.7. The number of hydrogen-bond donors (Lipinski definition) is 1. The van der Waals surface area contributed by atoms with Crippen LogP contribution in [0, 0.1) is 5.92 Å². The Hall–Kier alpha value is -2.04. The quantitative estimate of drug-likeness (QED) is 0.785. The molecule has 0 fully saturated rings. The van der Waals surface area contributed by atoms with Crippen LogP contribution in [0.1, 0.15) is 25.8 Å². The van der Waals surface area contributed by atoms with Crippen LogP contribution >= 0.6 is 0 Å². The Labute approximate surface area is 125 Å². The van der Waals surface area contributed by atoms with E-state index >= 15 is 0 Å². The Kier molecular flexibility index (Phi) is 7.29. The van der Waals surface area contributed by atoms with Crippen molar-refractivity contribution >= 4 is 12.1 Å². The molecule has 1 aromatic rings. The molecule has 0 heterocycles. The molecule has 1 aromatic carbocycles. The SMILES string of the molecule is COC(=O)C(CCc1ccccc1)NC(=O)OCC(C)C. The van der Waals surface area contributed by atoms with Gasteiger partial charge in [-0.05, 0) is 24.3 Å². The topological polar surface area (TPSA) is 64.6 Å². The van der Waals surface area contributed by atoms with Crippen molar-refractivity contribution in [2.45, 2.75) is 32.7 Å². The first-order chi connectivity index (χ1) is 10.0. The number of ether oxygens (including phenoxy) is 2. The third kappa shape index (κ3) is 6.79. The zero-order valence-electron chi connectivity index (χ0n) is 12.8. The molecule has 1 unspecified atom stereocenters. The van der Waals surface area contributed by atoms with Crippen LogP contribution in [0.3, 0.4) is 0 Å². The van der Waals surface area contributed by atoms with Gasteiger partial charge in [0, 0.05) is 0 Å². The number of rotatable bonds is 7. The zero-order chi connectivity index (χ0) is 15.7. The van der Waals surface area contributed by atoms with E-state index in [1.54, 1.807) is 0 Å². The summed E-state index contributed by atoms with van der Waals surface area (Å²) in [7, 11) is 1.30. The Morgan fingerprint density at radius 3 is 2.43 bits per heavy atom. The summed E-state index contributed by atoms with van der Waals surface area (Å²) in [5.74, 6) is -0.218. The first-order valence-corrected chi connectivity index (χ1v) is 7.08. The molecule has 0 aliphatic carbocycles. The summed E-state index contributed by atoms with van der Waals surface area (Å²) >= 11 is 0. The number of carbonyl (C=O) groups excluding carboxylic acids is 2. The maximum Gasteiger partial charge on any atom is 0.407 e. The van der Waals surface area contributed by atoms with E-state index in [9.17, 15) is 9.59 Å². The van der Waals surface area contributed by atoms with Gasteiger partial charge in [0.15, 0.2) is 0 Å². The molecular formula is C16H23NO4. The molecule has 0 aliphatic heterocycles. The Bertz CT molecular complexity index is 445. The molecule has 1 N–H and O–H groups in total. The minimum Gasteiger partial charge on any atom is -0.467 e. The van der Waals surface area contributed by atoms with E-state index in [-0.39, 0.29) is 5.92 Å².